The summed E-state index contributed by atoms with van der Waals surface area (Å²) in [4.78, 5) is 29.9. The molecule has 1 aliphatic carbocycles. The molecule has 1 fully saturated rings. The molecule has 2 amide bonds. The number of nitrogens with one attached hydrogen (secondary N) is 1. The van der Waals surface area contributed by atoms with Gasteiger partial charge in [0.1, 0.15) is 0 Å². The Labute approximate surface area is 217 Å². The monoisotopic (exact) mass is 496 g/mol. The molecule has 1 heterocycles. The largest absolute Gasteiger partial charge is 0.349 e. The minimum atomic E-state index is -0.0116. The van der Waals surface area contributed by atoms with E-state index in [0.29, 0.717) is 17.0 Å². The van der Waals surface area contributed by atoms with Crippen molar-refractivity contribution in [1.29, 1.82) is 0 Å². The first-order valence-electron chi connectivity index (χ1n) is 12.8. The van der Waals surface area contributed by atoms with Gasteiger partial charge in [0.05, 0.1) is 17.1 Å². The number of fused-ring (bicyclic) bond motifs is 1. The predicted molar refractivity (Wildman–Crippen MR) is 148 cm³/mol. The highest BCUT2D eigenvalue weighted by atomic mass is 32.2. The number of carbonyl (C=O) groups is 2. The molecule has 0 saturated heterocycles. The van der Waals surface area contributed by atoms with Crippen LogP contribution in [0.4, 0.5) is 5.69 Å². The van der Waals surface area contributed by atoms with E-state index in [1.54, 1.807) is 0 Å². The maximum Gasteiger partial charge on any atom is 0.265 e. The maximum atomic E-state index is 13.6. The van der Waals surface area contributed by atoms with Crippen molar-refractivity contribution >= 4 is 35.3 Å². The summed E-state index contributed by atoms with van der Waals surface area (Å²) < 4.78 is 0. The lowest BCUT2D eigenvalue weighted by Gasteiger charge is -2.30. The minimum Gasteiger partial charge on any atom is -0.349 e. The van der Waals surface area contributed by atoms with Crippen LogP contribution in [0.2, 0.25) is 0 Å². The van der Waals surface area contributed by atoms with Crippen LogP contribution in [0, 0.1) is 6.92 Å². The number of amides is 2. The number of hydrogen-bond acceptors (Lipinski definition) is 3. The standard InChI is InChI=1S/C31H32N2O2S/c1-22-12-14-24(15-13-22)21-33-27-10-6-7-11-28(27)36-29(31(33)35)20-23-16-18-25(19-17-23)30(34)32-26-8-4-2-3-5-9-26/h6-7,10-20,26H,2-5,8-9,21H2,1H3,(H,32,34). The third kappa shape index (κ3) is 5.73. The molecule has 184 valence electrons. The van der Waals surface area contributed by atoms with Crippen LogP contribution < -0.4 is 10.2 Å². The quantitative estimate of drug-likeness (QED) is 0.302. The highest BCUT2D eigenvalue weighted by Gasteiger charge is 2.29. The molecule has 3 aromatic rings. The Kier molecular flexibility index (Phi) is 7.57. The fourth-order valence-electron chi connectivity index (χ4n) is 4.87. The lowest BCUT2D eigenvalue weighted by atomic mass is 10.1. The van der Waals surface area contributed by atoms with E-state index in [4.69, 9.17) is 0 Å². The first kappa shape index (κ1) is 24.4. The molecule has 0 radical (unpaired) electrons. The molecule has 0 spiro atoms. The van der Waals surface area contributed by atoms with Gasteiger partial charge >= 0.3 is 0 Å². The van der Waals surface area contributed by atoms with Crippen molar-refractivity contribution in [2.45, 2.75) is 62.9 Å². The fraction of sp³-hybridized carbons (Fsp3) is 0.290. The van der Waals surface area contributed by atoms with Gasteiger partial charge in [-0.05, 0) is 61.2 Å². The van der Waals surface area contributed by atoms with Gasteiger partial charge < -0.3 is 10.2 Å². The van der Waals surface area contributed by atoms with E-state index in [9.17, 15) is 9.59 Å². The number of thioether (sulfide) groups is 1. The van der Waals surface area contributed by atoms with Crippen molar-refractivity contribution in [2.24, 2.45) is 0 Å². The topological polar surface area (TPSA) is 49.4 Å². The second-order valence-electron chi connectivity index (χ2n) is 9.74. The lowest BCUT2D eigenvalue weighted by molar-refractivity contribution is -0.114. The van der Waals surface area contributed by atoms with Gasteiger partial charge in [-0.1, -0.05) is 91.5 Å². The van der Waals surface area contributed by atoms with Crippen LogP contribution in [-0.2, 0) is 11.3 Å². The summed E-state index contributed by atoms with van der Waals surface area (Å²) >= 11 is 1.50. The Hall–Kier alpha value is -3.31. The van der Waals surface area contributed by atoms with Crippen LogP contribution in [0.25, 0.3) is 6.08 Å². The first-order valence-corrected chi connectivity index (χ1v) is 13.7. The normalized spacial score (nSPS) is 17.5. The molecule has 2 aliphatic rings. The smallest absolute Gasteiger partial charge is 0.265 e. The molecule has 4 nitrogen and oxygen atoms in total. The van der Waals surface area contributed by atoms with Crippen LogP contribution in [0.1, 0.15) is 65.6 Å². The molecule has 36 heavy (non-hydrogen) atoms. The van der Waals surface area contributed by atoms with Crippen LogP contribution in [0.5, 0.6) is 0 Å². The third-order valence-electron chi connectivity index (χ3n) is 6.95. The van der Waals surface area contributed by atoms with Crippen LogP contribution in [0.3, 0.4) is 0 Å². The van der Waals surface area contributed by atoms with Crippen molar-refractivity contribution < 1.29 is 9.59 Å². The molecule has 1 saturated carbocycles. The molecular weight excluding hydrogens is 464 g/mol. The van der Waals surface area contributed by atoms with Crippen LogP contribution in [0.15, 0.2) is 82.6 Å². The number of nitrogens with zero attached hydrogens (tertiary/aromatic N) is 1. The summed E-state index contributed by atoms with van der Waals surface area (Å²) in [6, 6.07) is 24.2. The van der Waals surface area contributed by atoms with E-state index in [-0.39, 0.29) is 17.9 Å². The van der Waals surface area contributed by atoms with E-state index < -0.39 is 0 Å². The molecule has 0 atom stereocenters. The first-order chi connectivity index (χ1) is 17.6. The molecule has 1 aliphatic heterocycles. The number of rotatable bonds is 5. The zero-order valence-electron chi connectivity index (χ0n) is 20.7. The summed E-state index contributed by atoms with van der Waals surface area (Å²) in [5.74, 6) is -0.0168. The Bertz CT molecular complexity index is 1260. The molecule has 1 N–H and O–H groups in total. The third-order valence-corrected chi connectivity index (χ3v) is 8.03. The van der Waals surface area contributed by atoms with E-state index in [0.717, 1.165) is 34.6 Å². The number of benzene rings is 3. The Morgan fingerprint density at radius 2 is 1.64 bits per heavy atom. The highest BCUT2D eigenvalue weighted by Crippen LogP contribution is 2.42. The number of aryl methyl sites for hydroxylation is 1. The van der Waals surface area contributed by atoms with E-state index in [1.165, 1.54) is 43.0 Å². The van der Waals surface area contributed by atoms with E-state index in [1.807, 2.05) is 53.4 Å². The van der Waals surface area contributed by atoms with Gasteiger partial charge in [0.25, 0.3) is 11.8 Å². The zero-order valence-corrected chi connectivity index (χ0v) is 21.5. The fourth-order valence-corrected chi connectivity index (χ4v) is 5.93. The Morgan fingerprint density at radius 3 is 2.36 bits per heavy atom. The molecule has 0 aromatic heterocycles. The second kappa shape index (κ2) is 11.2. The van der Waals surface area contributed by atoms with Gasteiger partial charge in [-0.15, -0.1) is 0 Å². The summed E-state index contributed by atoms with van der Waals surface area (Å²) in [6.07, 6.45) is 8.96. The molecule has 0 bridgehead atoms. The summed E-state index contributed by atoms with van der Waals surface area (Å²) in [5, 5.41) is 3.21. The second-order valence-corrected chi connectivity index (χ2v) is 10.8. The summed E-state index contributed by atoms with van der Waals surface area (Å²) in [7, 11) is 0. The van der Waals surface area contributed by atoms with Gasteiger partial charge in [0.2, 0.25) is 0 Å². The molecule has 0 unspecified atom stereocenters. The number of para-hydroxylation sites is 1. The van der Waals surface area contributed by atoms with Gasteiger partial charge in [0, 0.05) is 16.5 Å². The number of anilines is 1. The molecule has 5 heteroatoms. The average molecular weight is 497 g/mol. The summed E-state index contributed by atoms with van der Waals surface area (Å²) in [5.41, 5.74) is 4.81. The van der Waals surface area contributed by atoms with Gasteiger partial charge in [-0.2, -0.15) is 0 Å². The van der Waals surface area contributed by atoms with E-state index >= 15 is 0 Å². The molecule has 3 aromatic carbocycles. The highest BCUT2D eigenvalue weighted by molar-refractivity contribution is 8.04. The SMILES string of the molecule is Cc1ccc(CN2C(=O)C(=Cc3ccc(C(=O)NC4CCCCCC4)cc3)Sc3ccccc32)cc1. The van der Waals surface area contributed by atoms with Gasteiger partial charge in [-0.3, -0.25) is 9.59 Å². The maximum absolute atomic E-state index is 13.6. The Morgan fingerprint density at radius 1 is 0.944 bits per heavy atom. The molecule has 5 rings (SSSR count). The zero-order chi connectivity index (χ0) is 24.9. The average Bonchev–Trinajstić information content (AvgIpc) is 3.17. The van der Waals surface area contributed by atoms with Gasteiger partial charge in [0.15, 0.2) is 0 Å². The van der Waals surface area contributed by atoms with E-state index in [2.05, 4.69) is 42.6 Å². The lowest BCUT2D eigenvalue weighted by Crippen LogP contribution is -2.34. The van der Waals surface area contributed by atoms with Crippen molar-refractivity contribution in [3.05, 3.63) is 100.0 Å². The van der Waals surface area contributed by atoms with Crippen LogP contribution in [-0.4, -0.2) is 17.9 Å². The van der Waals surface area contributed by atoms with Crippen molar-refractivity contribution in [3.63, 3.8) is 0 Å². The summed E-state index contributed by atoms with van der Waals surface area (Å²) in [6.45, 7) is 2.59. The van der Waals surface area contributed by atoms with Gasteiger partial charge in [-0.25, -0.2) is 0 Å². The number of hydrogen-bond donors (Lipinski definition) is 1. The van der Waals surface area contributed by atoms with Crippen molar-refractivity contribution in [3.8, 4) is 0 Å². The molecular formula is C31H32N2O2S. The van der Waals surface area contributed by atoms with Crippen molar-refractivity contribution in [1.82, 2.24) is 5.32 Å². The number of carbonyl (C=O) groups excluding carboxylic acids is 2. The van der Waals surface area contributed by atoms with Crippen molar-refractivity contribution in [2.75, 3.05) is 4.90 Å². The predicted octanol–water partition coefficient (Wildman–Crippen LogP) is 7.13. The van der Waals surface area contributed by atoms with Crippen LogP contribution >= 0.6 is 11.8 Å². The Balaban J connectivity index is 1.34. The minimum absolute atomic E-state index is 0.00513.